The minimum atomic E-state index is -0.982. The van der Waals surface area contributed by atoms with Crippen molar-refractivity contribution < 1.29 is 24.3 Å². The average Bonchev–Trinajstić information content (AvgIpc) is 3.12. The molecule has 4 N–H and O–H groups in total. The molecule has 0 bridgehead atoms. The van der Waals surface area contributed by atoms with E-state index in [1.807, 2.05) is 42.5 Å². The molecule has 5 rings (SSSR count). The number of carboxylic acid groups (broad SMARTS) is 1. The van der Waals surface area contributed by atoms with Gasteiger partial charge < -0.3 is 21.1 Å². The molecule has 9 heteroatoms. The van der Waals surface area contributed by atoms with Crippen LogP contribution in [-0.4, -0.2) is 35.5 Å². The SMILES string of the molecule is O=C(O)CC=C1c2ccccc2C(=O)N(CC(=O)NCc2ccc(NC(=O)NCc3ccccc3)cc2)c2ccccc21. The Bertz CT molecular complexity index is 1680. The quantitative estimate of drug-likeness (QED) is 0.219. The van der Waals surface area contributed by atoms with Gasteiger partial charge in [0.25, 0.3) is 5.91 Å². The topological polar surface area (TPSA) is 128 Å². The molecule has 0 saturated heterocycles. The number of nitrogens with zero attached hydrogens (tertiary/aromatic N) is 1. The van der Waals surface area contributed by atoms with Crippen LogP contribution in [0.5, 0.6) is 0 Å². The van der Waals surface area contributed by atoms with E-state index in [2.05, 4.69) is 16.0 Å². The first-order valence-corrected chi connectivity index (χ1v) is 13.8. The fourth-order valence-electron chi connectivity index (χ4n) is 4.87. The third kappa shape index (κ3) is 7.15. The van der Waals surface area contributed by atoms with Crippen molar-refractivity contribution in [1.82, 2.24) is 10.6 Å². The number of rotatable bonds is 9. The second kappa shape index (κ2) is 13.3. The van der Waals surface area contributed by atoms with Crippen LogP contribution in [0.25, 0.3) is 5.57 Å². The van der Waals surface area contributed by atoms with Crippen molar-refractivity contribution in [3.05, 3.63) is 137 Å². The first-order valence-electron chi connectivity index (χ1n) is 13.8. The van der Waals surface area contributed by atoms with Crippen molar-refractivity contribution in [3.63, 3.8) is 0 Å². The Morgan fingerprint density at radius 2 is 1.30 bits per heavy atom. The van der Waals surface area contributed by atoms with Crippen molar-refractivity contribution in [1.29, 1.82) is 0 Å². The van der Waals surface area contributed by atoms with E-state index in [9.17, 15) is 24.3 Å². The molecule has 0 atom stereocenters. The molecule has 4 aromatic carbocycles. The lowest BCUT2D eigenvalue weighted by atomic mass is 9.93. The number of anilines is 2. The number of fused-ring (bicyclic) bond motifs is 2. The summed E-state index contributed by atoms with van der Waals surface area (Å²) in [6, 6.07) is 30.5. The lowest BCUT2D eigenvalue weighted by molar-refractivity contribution is -0.136. The zero-order valence-corrected chi connectivity index (χ0v) is 23.2. The molecule has 43 heavy (non-hydrogen) atoms. The minimum absolute atomic E-state index is 0.209. The molecule has 1 heterocycles. The monoisotopic (exact) mass is 574 g/mol. The van der Waals surface area contributed by atoms with E-state index in [0.29, 0.717) is 40.2 Å². The zero-order valence-electron chi connectivity index (χ0n) is 23.2. The van der Waals surface area contributed by atoms with Gasteiger partial charge >= 0.3 is 12.0 Å². The van der Waals surface area contributed by atoms with Gasteiger partial charge in [0.05, 0.1) is 12.1 Å². The number of hydrogen-bond donors (Lipinski definition) is 4. The normalized spacial score (nSPS) is 13.0. The number of aliphatic carboxylic acids is 1. The number of carboxylic acids is 1. The number of amides is 4. The Morgan fingerprint density at radius 3 is 2.02 bits per heavy atom. The van der Waals surface area contributed by atoms with Crippen LogP contribution in [0.15, 0.2) is 109 Å². The van der Waals surface area contributed by atoms with E-state index in [1.165, 1.54) is 4.90 Å². The van der Waals surface area contributed by atoms with Gasteiger partial charge in [-0.05, 0) is 46.5 Å². The highest BCUT2D eigenvalue weighted by atomic mass is 16.4. The van der Waals surface area contributed by atoms with E-state index in [1.54, 1.807) is 66.7 Å². The fourth-order valence-corrected chi connectivity index (χ4v) is 4.87. The van der Waals surface area contributed by atoms with Gasteiger partial charge in [0.15, 0.2) is 0 Å². The molecule has 1 aliphatic heterocycles. The molecule has 0 radical (unpaired) electrons. The molecule has 0 aliphatic carbocycles. The van der Waals surface area contributed by atoms with Crippen LogP contribution in [0.3, 0.4) is 0 Å². The van der Waals surface area contributed by atoms with E-state index in [0.717, 1.165) is 11.1 Å². The molecule has 0 saturated carbocycles. The van der Waals surface area contributed by atoms with Crippen molar-refractivity contribution in [2.45, 2.75) is 19.5 Å². The summed E-state index contributed by atoms with van der Waals surface area (Å²) in [7, 11) is 0. The predicted octanol–water partition coefficient (Wildman–Crippen LogP) is 5.19. The van der Waals surface area contributed by atoms with Crippen molar-refractivity contribution >= 4 is 40.8 Å². The van der Waals surface area contributed by atoms with E-state index >= 15 is 0 Å². The van der Waals surface area contributed by atoms with E-state index < -0.39 is 5.97 Å². The van der Waals surface area contributed by atoms with Crippen LogP contribution in [0.4, 0.5) is 16.2 Å². The van der Waals surface area contributed by atoms with Gasteiger partial charge in [0.1, 0.15) is 6.54 Å². The summed E-state index contributed by atoms with van der Waals surface area (Å²) in [4.78, 5) is 51.8. The molecule has 4 amide bonds. The number of nitrogens with one attached hydrogen (secondary N) is 3. The van der Waals surface area contributed by atoms with Gasteiger partial charge in [0, 0.05) is 29.9 Å². The Balaban J connectivity index is 1.24. The van der Waals surface area contributed by atoms with Gasteiger partial charge in [-0.3, -0.25) is 19.3 Å². The van der Waals surface area contributed by atoms with Gasteiger partial charge in [0.2, 0.25) is 5.91 Å². The number of carbonyl (C=O) groups excluding carboxylic acids is 3. The Hall–Kier alpha value is -5.70. The van der Waals surface area contributed by atoms with Crippen LogP contribution in [-0.2, 0) is 22.7 Å². The molecule has 0 fully saturated rings. The second-order valence-electron chi connectivity index (χ2n) is 9.94. The highest BCUT2D eigenvalue weighted by molar-refractivity contribution is 6.15. The summed E-state index contributed by atoms with van der Waals surface area (Å²) < 4.78 is 0. The summed E-state index contributed by atoms with van der Waals surface area (Å²) in [5.74, 6) is -1.69. The summed E-state index contributed by atoms with van der Waals surface area (Å²) in [6.45, 7) is 0.410. The fraction of sp³-hybridized carbons (Fsp3) is 0.118. The molecular formula is C34H30N4O5. The smallest absolute Gasteiger partial charge is 0.319 e. The molecular weight excluding hydrogens is 544 g/mol. The average molecular weight is 575 g/mol. The summed E-state index contributed by atoms with van der Waals surface area (Å²) >= 11 is 0. The third-order valence-corrected chi connectivity index (χ3v) is 6.96. The lowest BCUT2D eigenvalue weighted by Gasteiger charge is -2.23. The lowest BCUT2D eigenvalue weighted by Crippen LogP contribution is -2.40. The molecule has 0 unspecified atom stereocenters. The largest absolute Gasteiger partial charge is 0.481 e. The highest BCUT2D eigenvalue weighted by Crippen LogP contribution is 2.38. The van der Waals surface area contributed by atoms with Crippen LogP contribution in [0, 0.1) is 0 Å². The molecule has 0 aromatic heterocycles. The molecule has 0 spiro atoms. The zero-order chi connectivity index (χ0) is 30.2. The Kier molecular flexibility index (Phi) is 8.92. The summed E-state index contributed by atoms with van der Waals surface area (Å²) in [6.07, 6.45) is 1.39. The molecule has 4 aromatic rings. The van der Waals surface area contributed by atoms with Crippen LogP contribution in [0.2, 0.25) is 0 Å². The van der Waals surface area contributed by atoms with Gasteiger partial charge in [-0.25, -0.2) is 4.79 Å². The van der Waals surface area contributed by atoms with Crippen molar-refractivity contribution in [2.24, 2.45) is 0 Å². The maximum absolute atomic E-state index is 13.7. The van der Waals surface area contributed by atoms with Gasteiger partial charge in [-0.1, -0.05) is 84.9 Å². The van der Waals surface area contributed by atoms with Gasteiger partial charge in [-0.15, -0.1) is 0 Å². The standard InChI is InChI=1S/C34H30N4O5/c39-31(35-20-24-14-16-25(17-15-24)37-34(43)36-21-23-8-2-1-3-9-23)22-38-30-13-7-6-11-28(30)27(18-19-32(40)41)26-10-4-5-12-29(26)33(38)42/h1-18H,19-22H2,(H,35,39)(H,40,41)(H2,36,37,43). The van der Waals surface area contributed by atoms with Crippen LogP contribution < -0.4 is 20.9 Å². The van der Waals surface area contributed by atoms with Gasteiger partial charge in [-0.2, -0.15) is 0 Å². The Labute approximate surface area is 248 Å². The second-order valence-corrected chi connectivity index (χ2v) is 9.94. The first-order chi connectivity index (χ1) is 20.9. The number of carbonyl (C=O) groups is 4. The van der Waals surface area contributed by atoms with E-state index in [4.69, 9.17) is 0 Å². The highest BCUT2D eigenvalue weighted by Gasteiger charge is 2.30. The maximum Gasteiger partial charge on any atom is 0.319 e. The third-order valence-electron chi connectivity index (χ3n) is 6.96. The molecule has 9 nitrogen and oxygen atoms in total. The maximum atomic E-state index is 13.7. The number of benzene rings is 4. The minimum Gasteiger partial charge on any atom is -0.481 e. The van der Waals surface area contributed by atoms with Crippen LogP contribution >= 0.6 is 0 Å². The number of hydrogen-bond acceptors (Lipinski definition) is 4. The van der Waals surface area contributed by atoms with Crippen molar-refractivity contribution in [2.75, 3.05) is 16.8 Å². The predicted molar refractivity (Wildman–Crippen MR) is 164 cm³/mol. The molecule has 216 valence electrons. The number of urea groups is 1. The Morgan fingerprint density at radius 1 is 0.698 bits per heavy atom. The van der Waals surface area contributed by atoms with Crippen molar-refractivity contribution in [3.8, 4) is 0 Å². The summed E-state index contributed by atoms with van der Waals surface area (Å²) in [5.41, 5.74) is 5.25. The summed E-state index contributed by atoms with van der Waals surface area (Å²) in [5, 5.41) is 17.8. The first kappa shape index (κ1) is 28.8. The van der Waals surface area contributed by atoms with E-state index in [-0.39, 0.29) is 37.4 Å². The molecule has 1 aliphatic rings. The number of para-hydroxylation sites is 1. The van der Waals surface area contributed by atoms with Crippen LogP contribution in [0.1, 0.15) is 39.0 Å².